The highest BCUT2D eigenvalue weighted by atomic mass is 16.6. The van der Waals surface area contributed by atoms with E-state index in [2.05, 4.69) is 4.74 Å². The fourth-order valence-corrected chi connectivity index (χ4v) is 1.74. The normalized spacial score (nSPS) is 41.0. The van der Waals surface area contributed by atoms with Gasteiger partial charge in [0, 0.05) is 0 Å². The van der Waals surface area contributed by atoms with Crippen LogP contribution in [0.1, 0.15) is 13.8 Å². The van der Waals surface area contributed by atoms with E-state index < -0.39 is 0 Å². The fraction of sp³-hybridized carbons (Fsp3) is 0.714. The van der Waals surface area contributed by atoms with E-state index in [1.54, 1.807) is 0 Å². The molecule has 1 saturated carbocycles. The number of rotatable bonds is 0. The first-order valence-electron chi connectivity index (χ1n) is 3.30. The summed E-state index contributed by atoms with van der Waals surface area (Å²) in [5, 5.41) is 0. The number of hydrogen-bond donors (Lipinski definition) is 0. The summed E-state index contributed by atoms with van der Waals surface area (Å²) in [7, 11) is 0. The molecule has 0 unspecified atom stereocenters. The van der Waals surface area contributed by atoms with E-state index in [1.807, 2.05) is 13.8 Å². The molecular weight excluding hydrogens is 132 g/mol. The molecule has 3 heteroatoms. The van der Waals surface area contributed by atoms with Crippen LogP contribution < -0.4 is 0 Å². The first-order valence-corrected chi connectivity index (χ1v) is 3.30. The van der Waals surface area contributed by atoms with Gasteiger partial charge in [-0.1, -0.05) is 13.8 Å². The minimum atomic E-state index is -0.333. The summed E-state index contributed by atoms with van der Waals surface area (Å²) in [6.45, 7) is 3.83. The minimum absolute atomic E-state index is 0.119. The van der Waals surface area contributed by atoms with Crippen LogP contribution in [-0.4, -0.2) is 11.9 Å². The van der Waals surface area contributed by atoms with Crippen LogP contribution in [0.15, 0.2) is 0 Å². The lowest BCUT2D eigenvalue weighted by atomic mass is 10.1. The standard InChI is InChI=1S/C7H8O3/c1-7(2)3-4(7)6(9)10-5(3)8/h3-4H,1-2H3/t3-,4-/m0/s1. The zero-order valence-electron chi connectivity index (χ0n) is 5.88. The molecule has 2 atom stereocenters. The molecule has 0 radical (unpaired) electrons. The summed E-state index contributed by atoms with van der Waals surface area (Å²) in [6, 6.07) is 0. The van der Waals surface area contributed by atoms with Gasteiger partial charge in [0.1, 0.15) is 0 Å². The van der Waals surface area contributed by atoms with Gasteiger partial charge in [-0.15, -0.1) is 0 Å². The fourth-order valence-electron chi connectivity index (χ4n) is 1.74. The molecule has 0 N–H and O–H groups in total. The van der Waals surface area contributed by atoms with Crippen LogP contribution in [0.3, 0.4) is 0 Å². The summed E-state index contributed by atoms with van der Waals surface area (Å²) in [4.78, 5) is 21.6. The number of cyclic esters (lactones) is 2. The predicted molar refractivity (Wildman–Crippen MR) is 31.9 cm³/mol. The van der Waals surface area contributed by atoms with Crippen LogP contribution in [0.25, 0.3) is 0 Å². The second kappa shape index (κ2) is 1.26. The van der Waals surface area contributed by atoms with Crippen molar-refractivity contribution in [1.82, 2.24) is 0 Å². The zero-order valence-corrected chi connectivity index (χ0v) is 5.88. The highest BCUT2D eigenvalue weighted by Crippen LogP contribution is 2.62. The summed E-state index contributed by atoms with van der Waals surface area (Å²) < 4.78 is 4.38. The molecule has 10 heavy (non-hydrogen) atoms. The number of ether oxygens (including phenoxy) is 1. The zero-order chi connectivity index (χ0) is 7.52. The minimum Gasteiger partial charge on any atom is -0.393 e. The van der Waals surface area contributed by atoms with Gasteiger partial charge in [-0.2, -0.15) is 0 Å². The Labute approximate surface area is 58.4 Å². The van der Waals surface area contributed by atoms with Gasteiger partial charge in [0.15, 0.2) is 0 Å². The lowest BCUT2D eigenvalue weighted by Crippen LogP contribution is -2.14. The SMILES string of the molecule is CC1(C)[C@@H]2C(=O)OC(=O)[C@H]21. The van der Waals surface area contributed by atoms with E-state index in [1.165, 1.54) is 0 Å². The Bertz CT molecular complexity index is 207. The molecule has 2 fully saturated rings. The maximum absolute atomic E-state index is 10.8. The quantitative estimate of drug-likeness (QED) is 0.360. The summed E-state index contributed by atoms with van der Waals surface area (Å²) in [5.41, 5.74) is -0.119. The molecule has 0 aromatic heterocycles. The molecule has 1 heterocycles. The highest BCUT2D eigenvalue weighted by molar-refractivity contribution is 6.02. The van der Waals surface area contributed by atoms with Gasteiger partial charge >= 0.3 is 11.9 Å². The van der Waals surface area contributed by atoms with Crippen LogP contribution in [0.5, 0.6) is 0 Å². The maximum atomic E-state index is 10.8. The Morgan fingerprint density at radius 2 is 1.60 bits per heavy atom. The molecule has 1 aliphatic carbocycles. The average Bonchev–Trinajstić information content (AvgIpc) is 2.17. The van der Waals surface area contributed by atoms with Crippen molar-refractivity contribution < 1.29 is 14.3 Å². The third kappa shape index (κ3) is 0.426. The average molecular weight is 140 g/mol. The van der Waals surface area contributed by atoms with Crippen LogP contribution in [-0.2, 0) is 14.3 Å². The van der Waals surface area contributed by atoms with E-state index in [-0.39, 0.29) is 29.2 Å². The molecule has 0 amide bonds. The van der Waals surface area contributed by atoms with Gasteiger partial charge in [-0.25, -0.2) is 0 Å². The Hall–Kier alpha value is -0.860. The third-order valence-electron chi connectivity index (χ3n) is 2.54. The molecule has 0 aromatic rings. The van der Waals surface area contributed by atoms with E-state index in [9.17, 15) is 9.59 Å². The van der Waals surface area contributed by atoms with Crippen molar-refractivity contribution in [3.8, 4) is 0 Å². The second-order valence-corrected chi connectivity index (χ2v) is 3.52. The number of hydrogen-bond acceptors (Lipinski definition) is 3. The summed E-state index contributed by atoms with van der Waals surface area (Å²) in [6.07, 6.45) is 0. The van der Waals surface area contributed by atoms with Gasteiger partial charge in [0.2, 0.25) is 0 Å². The van der Waals surface area contributed by atoms with Gasteiger partial charge in [-0.05, 0) is 5.41 Å². The molecule has 1 saturated heterocycles. The Balaban J connectivity index is 2.34. The summed E-state index contributed by atoms with van der Waals surface area (Å²) >= 11 is 0. The smallest absolute Gasteiger partial charge is 0.318 e. The number of fused-ring (bicyclic) bond motifs is 1. The Kier molecular flexibility index (Phi) is 0.743. The van der Waals surface area contributed by atoms with Crippen molar-refractivity contribution in [2.24, 2.45) is 17.3 Å². The van der Waals surface area contributed by atoms with Crippen molar-refractivity contribution >= 4 is 11.9 Å². The molecule has 3 nitrogen and oxygen atoms in total. The van der Waals surface area contributed by atoms with Gasteiger partial charge in [-0.3, -0.25) is 9.59 Å². The van der Waals surface area contributed by atoms with Gasteiger partial charge in [0.25, 0.3) is 0 Å². The maximum Gasteiger partial charge on any atom is 0.318 e. The monoisotopic (exact) mass is 140 g/mol. The van der Waals surface area contributed by atoms with Crippen LogP contribution in [0.4, 0.5) is 0 Å². The molecule has 2 aliphatic rings. The topological polar surface area (TPSA) is 43.4 Å². The van der Waals surface area contributed by atoms with Crippen molar-refractivity contribution in [3.63, 3.8) is 0 Å². The highest BCUT2D eigenvalue weighted by Gasteiger charge is 2.72. The first-order chi connectivity index (χ1) is 4.55. The molecule has 0 spiro atoms. The Morgan fingerprint density at radius 1 is 1.20 bits per heavy atom. The van der Waals surface area contributed by atoms with Crippen LogP contribution in [0.2, 0.25) is 0 Å². The number of esters is 2. The Morgan fingerprint density at radius 3 is 1.80 bits per heavy atom. The van der Waals surface area contributed by atoms with Crippen LogP contribution >= 0.6 is 0 Å². The largest absolute Gasteiger partial charge is 0.393 e. The third-order valence-corrected chi connectivity index (χ3v) is 2.54. The molecule has 54 valence electrons. The lowest BCUT2D eigenvalue weighted by molar-refractivity contribution is -0.157. The van der Waals surface area contributed by atoms with Crippen molar-refractivity contribution in [2.75, 3.05) is 0 Å². The molecular formula is C7H8O3. The van der Waals surface area contributed by atoms with E-state index in [4.69, 9.17) is 0 Å². The van der Waals surface area contributed by atoms with E-state index in [0.29, 0.717) is 0 Å². The van der Waals surface area contributed by atoms with Crippen molar-refractivity contribution in [2.45, 2.75) is 13.8 Å². The van der Waals surface area contributed by atoms with Crippen molar-refractivity contribution in [1.29, 1.82) is 0 Å². The lowest BCUT2D eigenvalue weighted by Gasteiger charge is -2.04. The molecule has 0 aromatic carbocycles. The van der Waals surface area contributed by atoms with Gasteiger partial charge < -0.3 is 4.74 Å². The van der Waals surface area contributed by atoms with E-state index >= 15 is 0 Å². The molecule has 0 bridgehead atoms. The van der Waals surface area contributed by atoms with Crippen LogP contribution in [0, 0.1) is 17.3 Å². The second-order valence-electron chi connectivity index (χ2n) is 3.52. The van der Waals surface area contributed by atoms with Crippen molar-refractivity contribution in [3.05, 3.63) is 0 Å². The predicted octanol–water partition coefficient (Wildman–Crippen LogP) is 0.342. The number of carbonyl (C=O) groups excluding carboxylic acids is 2. The first kappa shape index (κ1) is 5.89. The molecule has 2 rings (SSSR count). The number of carbonyl (C=O) groups is 2. The summed E-state index contributed by atoms with van der Waals surface area (Å²) in [5.74, 6) is -0.944. The van der Waals surface area contributed by atoms with E-state index in [0.717, 1.165) is 0 Å². The molecule has 1 aliphatic heterocycles. The van der Waals surface area contributed by atoms with Gasteiger partial charge in [0.05, 0.1) is 11.8 Å².